The number of anilines is 1. The highest BCUT2D eigenvalue weighted by Gasteiger charge is 2.29. The Labute approximate surface area is 188 Å². The normalized spacial score (nSPS) is 15.5. The lowest BCUT2D eigenvalue weighted by molar-refractivity contribution is -0.153. The van der Waals surface area contributed by atoms with Crippen LogP contribution in [0.4, 0.5) is 18.9 Å². The first-order chi connectivity index (χ1) is 15.8. The van der Waals surface area contributed by atoms with Gasteiger partial charge in [0.25, 0.3) is 0 Å². The Hall–Kier alpha value is -3.59. The van der Waals surface area contributed by atoms with Crippen LogP contribution in [0.1, 0.15) is 27.5 Å². The third-order valence-corrected chi connectivity index (χ3v) is 5.44. The molecule has 1 aliphatic rings. The molecule has 0 saturated heterocycles. The molecule has 33 heavy (non-hydrogen) atoms. The van der Waals surface area contributed by atoms with Gasteiger partial charge in [0.05, 0.1) is 17.4 Å². The number of pyridine rings is 1. The number of alkyl halides is 3. The number of hydrogen-bond donors (Lipinski definition) is 3. The van der Waals surface area contributed by atoms with E-state index in [1.54, 1.807) is 18.2 Å². The molecule has 0 fully saturated rings. The van der Waals surface area contributed by atoms with E-state index in [2.05, 4.69) is 15.6 Å². The standard InChI is InChI=1S/C24H22F3N3O3/c25-24(26,27)14-33-22-4-2-1-3-18(22)15-5-6-17-16(11-15)7-10-29-21(17)13-30-20-12-28-9-8-19(20)23(31)32/h1-6,8-9,11-12,21,29-30H,7,10,13-14H2,(H,31,32)/t21-/m0/s1. The fourth-order valence-electron chi connectivity index (χ4n) is 3.93. The summed E-state index contributed by atoms with van der Waals surface area (Å²) in [5.74, 6) is -0.854. The first-order valence-electron chi connectivity index (χ1n) is 10.4. The summed E-state index contributed by atoms with van der Waals surface area (Å²) in [5.41, 5.74) is 4.08. The Balaban J connectivity index is 1.55. The molecule has 9 heteroatoms. The van der Waals surface area contributed by atoms with E-state index in [1.807, 2.05) is 18.2 Å². The van der Waals surface area contributed by atoms with Crippen LogP contribution in [0.3, 0.4) is 0 Å². The summed E-state index contributed by atoms with van der Waals surface area (Å²) in [6.07, 6.45) is -0.739. The van der Waals surface area contributed by atoms with Gasteiger partial charge in [-0.2, -0.15) is 13.2 Å². The van der Waals surface area contributed by atoms with Crippen LogP contribution in [0.15, 0.2) is 60.9 Å². The second-order valence-electron chi connectivity index (χ2n) is 7.68. The number of ether oxygens (including phenoxy) is 1. The van der Waals surface area contributed by atoms with Gasteiger partial charge in [0, 0.05) is 24.3 Å². The number of aromatic carboxylic acids is 1. The number of aromatic nitrogens is 1. The largest absolute Gasteiger partial charge is 0.483 e. The van der Waals surface area contributed by atoms with Gasteiger partial charge in [0.15, 0.2) is 6.61 Å². The van der Waals surface area contributed by atoms with Crippen LogP contribution in [0.25, 0.3) is 11.1 Å². The Kier molecular flexibility index (Phi) is 6.50. The van der Waals surface area contributed by atoms with Crippen molar-refractivity contribution in [2.45, 2.75) is 18.6 Å². The van der Waals surface area contributed by atoms with Gasteiger partial charge in [-0.3, -0.25) is 4.98 Å². The number of carbonyl (C=O) groups is 1. The number of benzene rings is 2. The zero-order valence-electron chi connectivity index (χ0n) is 17.5. The number of para-hydroxylation sites is 1. The van der Waals surface area contributed by atoms with E-state index in [1.165, 1.54) is 24.5 Å². The number of halogens is 3. The van der Waals surface area contributed by atoms with Gasteiger partial charge in [-0.1, -0.05) is 36.4 Å². The summed E-state index contributed by atoms with van der Waals surface area (Å²) in [6, 6.07) is 13.8. The molecule has 0 saturated carbocycles. The number of carboxylic acid groups (broad SMARTS) is 1. The molecule has 2 heterocycles. The first-order valence-corrected chi connectivity index (χ1v) is 10.4. The lowest BCUT2D eigenvalue weighted by Crippen LogP contribution is -2.34. The Morgan fingerprint density at radius 2 is 2.03 bits per heavy atom. The number of fused-ring (bicyclic) bond motifs is 1. The lowest BCUT2D eigenvalue weighted by Gasteiger charge is -2.28. The molecule has 1 aromatic heterocycles. The molecule has 1 aliphatic heterocycles. The number of carboxylic acids is 1. The van der Waals surface area contributed by atoms with Crippen molar-refractivity contribution in [3.8, 4) is 16.9 Å². The van der Waals surface area contributed by atoms with E-state index in [0.29, 0.717) is 24.3 Å². The molecule has 0 unspecified atom stereocenters. The first kappa shape index (κ1) is 22.6. The number of nitrogens with zero attached hydrogens (tertiary/aromatic N) is 1. The van der Waals surface area contributed by atoms with Gasteiger partial charge < -0.3 is 20.5 Å². The highest BCUT2D eigenvalue weighted by Crippen LogP contribution is 2.34. The molecule has 3 aromatic rings. The second-order valence-corrected chi connectivity index (χ2v) is 7.68. The number of nitrogens with one attached hydrogen (secondary N) is 2. The number of rotatable bonds is 7. The van der Waals surface area contributed by atoms with Gasteiger partial charge in [-0.25, -0.2) is 4.79 Å². The summed E-state index contributed by atoms with van der Waals surface area (Å²) in [7, 11) is 0. The summed E-state index contributed by atoms with van der Waals surface area (Å²) < 4.78 is 42.9. The fourth-order valence-corrected chi connectivity index (χ4v) is 3.93. The van der Waals surface area contributed by atoms with Crippen molar-refractivity contribution in [2.75, 3.05) is 25.0 Å². The predicted molar refractivity (Wildman–Crippen MR) is 118 cm³/mol. The lowest BCUT2D eigenvalue weighted by atomic mass is 9.90. The monoisotopic (exact) mass is 457 g/mol. The zero-order valence-corrected chi connectivity index (χ0v) is 17.5. The smallest absolute Gasteiger partial charge is 0.422 e. The van der Waals surface area contributed by atoms with Crippen molar-refractivity contribution in [1.29, 1.82) is 0 Å². The Morgan fingerprint density at radius 3 is 2.82 bits per heavy atom. The van der Waals surface area contributed by atoms with Crippen LogP contribution >= 0.6 is 0 Å². The van der Waals surface area contributed by atoms with E-state index in [0.717, 1.165) is 23.1 Å². The van der Waals surface area contributed by atoms with Crippen LogP contribution in [0, 0.1) is 0 Å². The van der Waals surface area contributed by atoms with Crippen molar-refractivity contribution < 1.29 is 27.8 Å². The van der Waals surface area contributed by atoms with Gasteiger partial charge in [0.2, 0.25) is 0 Å². The van der Waals surface area contributed by atoms with E-state index < -0.39 is 18.8 Å². The fraction of sp³-hybridized carbons (Fsp3) is 0.250. The molecule has 3 N–H and O–H groups in total. The molecular weight excluding hydrogens is 435 g/mol. The van der Waals surface area contributed by atoms with Gasteiger partial charge >= 0.3 is 12.1 Å². The molecular formula is C24H22F3N3O3. The molecule has 4 rings (SSSR count). The van der Waals surface area contributed by atoms with Crippen molar-refractivity contribution in [3.05, 3.63) is 77.6 Å². The summed E-state index contributed by atoms with van der Waals surface area (Å²) in [6.45, 7) is -0.184. The summed E-state index contributed by atoms with van der Waals surface area (Å²) >= 11 is 0. The third kappa shape index (κ3) is 5.43. The van der Waals surface area contributed by atoms with E-state index in [9.17, 15) is 23.1 Å². The molecule has 172 valence electrons. The highest BCUT2D eigenvalue weighted by molar-refractivity contribution is 5.93. The SMILES string of the molecule is O=C(O)c1ccncc1NC[C@@H]1NCCc2cc(-c3ccccc3OCC(F)(F)F)ccc21. The molecule has 0 bridgehead atoms. The van der Waals surface area contributed by atoms with Crippen molar-refractivity contribution in [3.63, 3.8) is 0 Å². The summed E-state index contributed by atoms with van der Waals surface area (Å²) in [5, 5.41) is 15.9. The molecule has 0 amide bonds. The third-order valence-electron chi connectivity index (χ3n) is 5.44. The molecule has 2 aromatic carbocycles. The topological polar surface area (TPSA) is 83.5 Å². The minimum absolute atomic E-state index is 0.0682. The van der Waals surface area contributed by atoms with Gasteiger partial charge in [-0.05, 0) is 41.8 Å². The van der Waals surface area contributed by atoms with E-state index in [4.69, 9.17) is 4.74 Å². The highest BCUT2D eigenvalue weighted by atomic mass is 19.4. The maximum atomic E-state index is 12.6. The van der Waals surface area contributed by atoms with Crippen LogP contribution in [0.2, 0.25) is 0 Å². The van der Waals surface area contributed by atoms with Gasteiger partial charge in [-0.15, -0.1) is 0 Å². The maximum absolute atomic E-state index is 12.6. The van der Waals surface area contributed by atoms with Crippen LogP contribution < -0.4 is 15.4 Å². The Morgan fingerprint density at radius 1 is 1.21 bits per heavy atom. The minimum Gasteiger partial charge on any atom is -0.483 e. The van der Waals surface area contributed by atoms with Gasteiger partial charge in [0.1, 0.15) is 5.75 Å². The van der Waals surface area contributed by atoms with E-state index in [-0.39, 0.29) is 17.4 Å². The van der Waals surface area contributed by atoms with Crippen LogP contribution in [-0.4, -0.2) is 41.9 Å². The van der Waals surface area contributed by atoms with E-state index >= 15 is 0 Å². The zero-order chi connectivity index (χ0) is 23.4. The quantitative estimate of drug-likeness (QED) is 0.478. The van der Waals surface area contributed by atoms with Crippen molar-refractivity contribution in [1.82, 2.24) is 10.3 Å². The van der Waals surface area contributed by atoms with Crippen molar-refractivity contribution >= 4 is 11.7 Å². The summed E-state index contributed by atoms with van der Waals surface area (Å²) in [4.78, 5) is 15.4. The van der Waals surface area contributed by atoms with Crippen LogP contribution in [0.5, 0.6) is 5.75 Å². The Bertz CT molecular complexity index is 1150. The minimum atomic E-state index is -4.41. The van der Waals surface area contributed by atoms with Crippen LogP contribution in [-0.2, 0) is 6.42 Å². The second kappa shape index (κ2) is 9.50. The number of hydrogen-bond acceptors (Lipinski definition) is 5. The molecule has 0 spiro atoms. The predicted octanol–water partition coefficient (Wildman–Crippen LogP) is 4.69. The average Bonchev–Trinajstić information content (AvgIpc) is 2.81. The molecule has 0 radical (unpaired) electrons. The molecule has 1 atom stereocenters. The maximum Gasteiger partial charge on any atom is 0.422 e. The molecule has 0 aliphatic carbocycles. The average molecular weight is 457 g/mol. The van der Waals surface area contributed by atoms with Crippen molar-refractivity contribution in [2.24, 2.45) is 0 Å². The molecule has 6 nitrogen and oxygen atoms in total.